The second-order valence-corrected chi connectivity index (χ2v) is 11.4. The Hall–Kier alpha value is -4.24. The van der Waals surface area contributed by atoms with Gasteiger partial charge in [0.1, 0.15) is 0 Å². The zero-order chi connectivity index (χ0) is 30.5. The molecule has 0 aliphatic carbocycles. The van der Waals surface area contributed by atoms with Crippen molar-refractivity contribution in [1.29, 1.82) is 0 Å². The number of fused-ring (bicyclic) bond motifs is 8. The highest BCUT2D eigenvalue weighted by Crippen LogP contribution is 2.42. The summed E-state index contributed by atoms with van der Waals surface area (Å²) in [6.45, 7) is 12.1. The third kappa shape index (κ3) is 4.81. The number of aliphatic carboxylic acids is 1. The fourth-order valence-electron chi connectivity index (χ4n) is 6.80. The van der Waals surface area contributed by atoms with Crippen LogP contribution in [0.1, 0.15) is 94.6 Å². The lowest BCUT2D eigenvalue weighted by Crippen LogP contribution is -2.15. The number of rotatable bonds is 7. The molecule has 7 N–H and O–H groups in total. The maximum Gasteiger partial charge on any atom is 0.338 e. The first-order chi connectivity index (χ1) is 20.0. The zero-order valence-corrected chi connectivity index (χ0v) is 25.1. The van der Waals surface area contributed by atoms with Crippen molar-refractivity contribution in [1.82, 2.24) is 20.3 Å². The average Bonchev–Trinajstić information content (AvgIpc) is 3.61. The van der Waals surface area contributed by atoms with E-state index in [0.717, 1.165) is 57.3 Å². The van der Waals surface area contributed by atoms with Crippen molar-refractivity contribution in [2.45, 2.75) is 67.2 Å². The van der Waals surface area contributed by atoms with Gasteiger partial charge in [-0.1, -0.05) is 20.8 Å². The van der Waals surface area contributed by atoms with Gasteiger partial charge in [0.25, 0.3) is 0 Å². The molecule has 2 aliphatic rings. The first-order valence-corrected chi connectivity index (χ1v) is 14.6. The van der Waals surface area contributed by atoms with Crippen LogP contribution in [-0.4, -0.2) is 48.8 Å². The van der Waals surface area contributed by atoms with Gasteiger partial charge in [-0.15, -0.1) is 0 Å². The predicted molar refractivity (Wildman–Crippen MR) is 163 cm³/mol. The molecule has 5 heterocycles. The average molecular weight is 573 g/mol. The van der Waals surface area contributed by atoms with E-state index in [9.17, 15) is 24.9 Å². The fourth-order valence-corrected chi connectivity index (χ4v) is 6.80. The number of aliphatic hydroxyl groups is 1. The minimum atomic E-state index is -1.13. The van der Waals surface area contributed by atoms with Crippen molar-refractivity contribution in [2.24, 2.45) is 11.8 Å². The number of aromatic amines is 3. The summed E-state index contributed by atoms with van der Waals surface area (Å²) in [5, 5.41) is 35.7. The zero-order valence-electron chi connectivity index (χ0n) is 25.1. The topological polar surface area (TPSA) is 154 Å². The Balaban J connectivity index is 1.95. The lowest BCUT2D eigenvalue weighted by molar-refractivity contribution is -0.135. The first-order valence-electron chi connectivity index (χ1n) is 14.6. The van der Waals surface area contributed by atoms with Crippen molar-refractivity contribution in [3.63, 3.8) is 0 Å². The molecule has 8 bridgehead atoms. The SMILES string of the molecule is CCc1c2[nH]c(c1C)C=C1NC(=C(CC(=O)O)c3[nH]c(c(C)c3C(=O)O)C=c3[nH]c(c(C)c3CC)=C2)[C@@H](CCO)[C@@H]1C. The molecule has 3 aromatic rings. The van der Waals surface area contributed by atoms with Gasteiger partial charge in [0, 0.05) is 63.2 Å². The molecular formula is C33H40N4O5. The predicted octanol–water partition coefficient (Wildman–Crippen LogP) is 3.85. The molecule has 42 heavy (non-hydrogen) atoms. The van der Waals surface area contributed by atoms with Crippen molar-refractivity contribution >= 4 is 35.7 Å². The summed E-state index contributed by atoms with van der Waals surface area (Å²) in [6, 6.07) is 0. The van der Waals surface area contributed by atoms with E-state index >= 15 is 0 Å². The van der Waals surface area contributed by atoms with E-state index in [0.29, 0.717) is 28.9 Å². The number of aromatic nitrogens is 3. The number of hydrogen-bond acceptors (Lipinski definition) is 4. The van der Waals surface area contributed by atoms with Crippen molar-refractivity contribution < 1.29 is 24.9 Å². The monoisotopic (exact) mass is 572 g/mol. The van der Waals surface area contributed by atoms with Crippen LogP contribution >= 0.6 is 0 Å². The molecule has 5 rings (SSSR count). The van der Waals surface area contributed by atoms with Gasteiger partial charge >= 0.3 is 11.9 Å². The van der Waals surface area contributed by atoms with Crippen LogP contribution in [-0.2, 0) is 17.6 Å². The van der Waals surface area contributed by atoms with E-state index in [-0.39, 0.29) is 36.1 Å². The van der Waals surface area contributed by atoms with Gasteiger partial charge in [-0.05, 0) is 86.1 Å². The quantitative estimate of drug-likeness (QED) is 0.228. The molecule has 0 spiro atoms. The minimum absolute atomic E-state index is 0.0501. The van der Waals surface area contributed by atoms with Crippen LogP contribution in [0.3, 0.4) is 0 Å². The number of carboxylic acid groups (broad SMARTS) is 2. The number of aliphatic hydroxyl groups excluding tert-OH is 1. The number of aromatic carboxylic acids is 1. The van der Waals surface area contributed by atoms with Gasteiger partial charge in [0.05, 0.1) is 17.7 Å². The Kier molecular flexibility index (Phi) is 7.81. The number of nitrogens with one attached hydrogen (secondary N) is 4. The van der Waals surface area contributed by atoms with Crippen LogP contribution in [0, 0.1) is 32.6 Å². The molecule has 0 amide bonds. The molecule has 9 heteroatoms. The van der Waals surface area contributed by atoms with Crippen LogP contribution in [0.5, 0.6) is 0 Å². The molecule has 1 fully saturated rings. The van der Waals surface area contributed by atoms with Gasteiger partial charge < -0.3 is 35.6 Å². The Labute approximate surface area is 244 Å². The molecule has 3 aromatic heterocycles. The maximum atomic E-state index is 12.7. The Morgan fingerprint density at radius 3 is 2.12 bits per heavy atom. The van der Waals surface area contributed by atoms with E-state index < -0.39 is 11.9 Å². The number of carboxylic acids is 2. The van der Waals surface area contributed by atoms with Crippen molar-refractivity contribution in [2.75, 3.05) is 6.61 Å². The highest BCUT2D eigenvalue weighted by atomic mass is 16.4. The molecule has 0 aromatic carbocycles. The second-order valence-electron chi connectivity index (χ2n) is 11.4. The summed E-state index contributed by atoms with van der Waals surface area (Å²) >= 11 is 0. The summed E-state index contributed by atoms with van der Waals surface area (Å²) in [7, 11) is 0. The van der Waals surface area contributed by atoms with E-state index in [1.54, 1.807) is 6.92 Å². The van der Waals surface area contributed by atoms with Gasteiger partial charge in [0.2, 0.25) is 0 Å². The first kappa shape index (κ1) is 29.3. The molecule has 1 saturated heterocycles. The van der Waals surface area contributed by atoms with Crippen LogP contribution in [0.4, 0.5) is 0 Å². The standard InChI is InChI=1S/C33H40N4O5/c1-7-19-15(3)23-12-25-17(5)21(9-10-38)31(36-25)22(11-29(39)40)32-30(33(41)42)18(6)26(37-32)14-28-20(8-2)16(4)24(35-28)13-27(19)34-23/h12-14,17,21,34-38H,7-11H2,1-6H3,(H,39,40)(H,41,42)/t17-,21-/m0/s1. The van der Waals surface area contributed by atoms with Crippen LogP contribution in [0.25, 0.3) is 23.8 Å². The summed E-state index contributed by atoms with van der Waals surface area (Å²) < 4.78 is 0. The Morgan fingerprint density at radius 1 is 0.833 bits per heavy atom. The van der Waals surface area contributed by atoms with E-state index in [4.69, 9.17) is 0 Å². The van der Waals surface area contributed by atoms with Gasteiger partial charge in [-0.2, -0.15) is 0 Å². The maximum absolute atomic E-state index is 12.7. The summed E-state index contributed by atoms with van der Waals surface area (Å²) in [5.41, 5.74) is 9.96. The number of carbonyl (C=O) groups is 2. The second kappa shape index (κ2) is 11.2. The minimum Gasteiger partial charge on any atom is -0.481 e. The Bertz CT molecular complexity index is 1780. The number of H-pyrrole nitrogens is 3. The summed E-state index contributed by atoms with van der Waals surface area (Å²) in [6.07, 6.45) is 7.80. The van der Waals surface area contributed by atoms with Gasteiger partial charge in [-0.25, -0.2) is 4.79 Å². The van der Waals surface area contributed by atoms with Crippen LogP contribution in [0.2, 0.25) is 0 Å². The van der Waals surface area contributed by atoms with Crippen molar-refractivity contribution in [3.05, 3.63) is 78.2 Å². The van der Waals surface area contributed by atoms with Crippen molar-refractivity contribution in [3.8, 4) is 0 Å². The molecule has 2 aliphatic heterocycles. The largest absolute Gasteiger partial charge is 0.481 e. The normalized spacial score (nSPS) is 17.9. The molecule has 2 atom stereocenters. The highest BCUT2D eigenvalue weighted by Gasteiger charge is 2.37. The highest BCUT2D eigenvalue weighted by molar-refractivity contribution is 5.99. The van der Waals surface area contributed by atoms with Crippen LogP contribution < -0.4 is 16.0 Å². The molecule has 0 unspecified atom stereocenters. The third-order valence-corrected chi connectivity index (χ3v) is 9.13. The number of allylic oxidation sites excluding steroid dienone is 2. The van der Waals surface area contributed by atoms with Gasteiger partial charge in [-0.3, -0.25) is 4.79 Å². The summed E-state index contributed by atoms with van der Waals surface area (Å²) in [5.74, 6) is -2.49. The fraction of sp³-hybridized carbons (Fsp3) is 0.394. The molecule has 9 nitrogen and oxygen atoms in total. The smallest absolute Gasteiger partial charge is 0.338 e. The van der Waals surface area contributed by atoms with E-state index in [1.807, 2.05) is 6.08 Å². The molecule has 222 valence electrons. The molecule has 0 saturated carbocycles. The van der Waals surface area contributed by atoms with E-state index in [1.165, 1.54) is 5.56 Å². The van der Waals surface area contributed by atoms with E-state index in [2.05, 4.69) is 67.0 Å². The van der Waals surface area contributed by atoms with Crippen LogP contribution in [0.15, 0.2) is 11.4 Å². The molecular weight excluding hydrogens is 532 g/mol. The number of hydrogen-bond donors (Lipinski definition) is 7. The summed E-state index contributed by atoms with van der Waals surface area (Å²) in [4.78, 5) is 35.4. The third-order valence-electron chi connectivity index (χ3n) is 9.13. The Morgan fingerprint density at radius 2 is 1.50 bits per heavy atom. The van der Waals surface area contributed by atoms with Gasteiger partial charge in [0.15, 0.2) is 0 Å². The molecule has 0 radical (unpaired) electrons. The lowest BCUT2D eigenvalue weighted by Gasteiger charge is -2.18. The lowest BCUT2D eigenvalue weighted by atomic mass is 9.86.